The highest BCUT2D eigenvalue weighted by atomic mass is 79.9. The smallest absolute Gasteiger partial charge is 0.189 e. The second-order valence-corrected chi connectivity index (χ2v) is 5.26. The Labute approximate surface area is 117 Å². The van der Waals surface area contributed by atoms with E-state index in [9.17, 15) is 0 Å². The van der Waals surface area contributed by atoms with E-state index in [1.807, 2.05) is 41.4 Å². The summed E-state index contributed by atoms with van der Waals surface area (Å²) in [7, 11) is 0. The summed E-state index contributed by atoms with van der Waals surface area (Å²) in [5.41, 5.74) is 1.02. The van der Waals surface area contributed by atoms with Crippen LogP contribution in [0.2, 0.25) is 0 Å². The fraction of sp³-hybridized carbons (Fsp3) is 0.0833. The fourth-order valence-electron chi connectivity index (χ4n) is 1.75. The van der Waals surface area contributed by atoms with Crippen molar-refractivity contribution < 1.29 is 0 Å². The Morgan fingerprint density at radius 1 is 1.28 bits per heavy atom. The minimum atomic E-state index is 0.742. The largest absolute Gasteiger partial charge is 0.231 e. The van der Waals surface area contributed by atoms with Gasteiger partial charge in [-0.1, -0.05) is 33.8 Å². The fourth-order valence-corrected chi connectivity index (χ4v) is 2.56. The van der Waals surface area contributed by atoms with Crippen molar-refractivity contribution in [3.8, 4) is 5.82 Å². The van der Waals surface area contributed by atoms with E-state index in [0.29, 0.717) is 0 Å². The predicted octanol–water partition coefficient (Wildman–Crippen LogP) is 3.30. The van der Waals surface area contributed by atoms with Crippen LogP contribution < -0.4 is 0 Å². The number of halogens is 1. The van der Waals surface area contributed by atoms with Crippen molar-refractivity contribution in [2.24, 2.45) is 0 Å². The molecule has 0 radical (unpaired) electrons. The summed E-state index contributed by atoms with van der Waals surface area (Å²) in [6.45, 7) is 0. The molecule has 6 heteroatoms. The first-order valence-electron chi connectivity index (χ1n) is 5.29. The number of benzene rings is 1. The van der Waals surface area contributed by atoms with Gasteiger partial charge in [0.2, 0.25) is 0 Å². The van der Waals surface area contributed by atoms with Gasteiger partial charge in [-0.05, 0) is 18.4 Å². The quantitative estimate of drug-likeness (QED) is 0.536. The van der Waals surface area contributed by atoms with Crippen molar-refractivity contribution in [3.63, 3.8) is 0 Å². The van der Waals surface area contributed by atoms with Crippen molar-refractivity contribution in [3.05, 3.63) is 41.1 Å². The number of thioether (sulfide) groups is 1. The first-order chi connectivity index (χ1) is 8.79. The van der Waals surface area contributed by atoms with Crippen molar-refractivity contribution in [2.75, 3.05) is 6.26 Å². The Kier molecular flexibility index (Phi) is 3.05. The number of aromatic nitrogens is 4. The maximum absolute atomic E-state index is 4.45. The molecule has 90 valence electrons. The van der Waals surface area contributed by atoms with Gasteiger partial charge in [0.1, 0.15) is 0 Å². The molecule has 0 fully saturated rings. The second-order valence-electron chi connectivity index (χ2n) is 3.63. The zero-order chi connectivity index (χ0) is 12.5. The van der Waals surface area contributed by atoms with Gasteiger partial charge in [0.15, 0.2) is 11.0 Å². The van der Waals surface area contributed by atoms with E-state index >= 15 is 0 Å². The second kappa shape index (κ2) is 4.70. The van der Waals surface area contributed by atoms with Crippen LogP contribution in [0.5, 0.6) is 0 Å². The van der Waals surface area contributed by atoms with E-state index in [-0.39, 0.29) is 0 Å². The van der Waals surface area contributed by atoms with Gasteiger partial charge < -0.3 is 0 Å². The summed E-state index contributed by atoms with van der Waals surface area (Å²) in [4.78, 5) is 8.62. The van der Waals surface area contributed by atoms with Crippen molar-refractivity contribution in [1.82, 2.24) is 19.7 Å². The molecule has 0 aliphatic rings. The molecule has 0 aliphatic heterocycles. The van der Waals surface area contributed by atoms with Gasteiger partial charge in [0.25, 0.3) is 0 Å². The molecule has 18 heavy (non-hydrogen) atoms. The summed E-state index contributed by atoms with van der Waals surface area (Å²) >= 11 is 5.04. The number of hydrogen-bond donors (Lipinski definition) is 0. The molecule has 2 heterocycles. The third-order valence-corrected chi connectivity index (χ3v) is 3.83. The average Bonchev–Trinajstić information content (AvgIpc) is 2.84. The lowest BCUT2D eigenvalue weighted by Gasteiger charge is -2.03. The van der Waals surface area contributed by atoms with Crippen molar-refractivity contribution >= 4 is 38.6 Å². The van der Waals surface area contributed by atoms with Crippen LogP contribution in [0.1, 0.15) is 0 Å². The van der Waals surface area contributed by atoms with Gasteiger partial charge >= 0.3 is 0 Å². The Hall–Kier alpha value is -1.40. The summed E-state index contributed by atoms with van der Waals surface area (Å²) in [6.07, 6.45) is 5.54. The first kappa shape index (κ1) is 11.7. The maximum atomic E-state index is 4.45. The number of fused-ring (bicyclic) bond motifs is 1. The Morgan fingerprint density at radius 3 is 3.00 bits per heavy atom. The number of rotatable bonds is 2. The summed E-state index contributed by atoms with van der Waals surface area (Å²) in [5, 5.41) is 6.20. The van der Waals surface area contributed by atoms with E-state index in [2.05, 4.69) is 31.0 Å². The summed E-state index contributed by atoms with van der Waals surface area (Å²) in [5.74, 6) is 0.780. The maximum Gasteiger partial charge on any atom is 0.189 e. The molecule has 0 spiro atoms. The molecule has 0 N–H and O–H groups in total. The lowest BCUT2D eigenvalue weighted by Crippen LogP contribution is -2.00. The highest BCUT2D eigenvalue weighted by Gasteiger charge is 2.08. The standard InChI is InChI=1S/C12H9BrN4S/c1-18-12-14-6-5-11(16-12)17-10-4-2-3-9(13)8(10)7-15-17/h2-7H,1H3. The van der Waals surface area contributed by atoms with Crippen molar-refractivity contribution in [2.45, 2.75) is 5.16 Å². The number of nitrogens with zero attached hydrogens (tertiary/aromatic N) is 4. The Balaban J connectivity index is 2.22. The van der Waals surface area contributed by atoms with Crippen LogP contribution in [0.25, 0.3) is 16.7 Å². The minimum Gasteiger partial charge on any atom is -0.231 e. The summed E-state index contributed by atoms with van der Waals surface area (Å²) in [6, 6.07) is 7.87. The third-order valence-electron chi connectivity index (χ3n) is 2.58. The Bertz CT molecular complexity index is 710. The molecule has 0 amide bonds. The normalized spacial score (nSPS) is 11.0. The molecule has 3 aromatic rings. The summed E-state index contributed by atoms with van der Waals surface area (Å²) < 4.78 is 2.85. The molecule has 1 aromatic carbocycles. The molecule has 0 bridgehead atoms. The van der Waals surface area contributed by atoms with E-state index in [1.54, 1.807) is 6.20 Å². The molecule has 0 atom stereocenters. The van der Waals surface area contributed by atoms with Crippen LogP contribution >= 0.6 is 27.7 Å². The van der Waals surface area contributed by atoms with Crippen molar-refractivity contribution in [1.29, 1.82) is 0 Å². The molecule has 0 saturated carbocycles. The molecular formula is C12H9BrN4S. The molecule has 0 unspecified atom stereocenters. The molecular weight excluding hydrogens is 312 g/mol. The third kappa shape index (κ3) is 1.91. The molecule has 3 rings (SSSR count). The minimum absolute atomic E-state index is 0.742. The van der Waals surface area contributed by atoms with Gasteiger partial charge in [-0.3, -0.25) is 0 Å². The van der Waals surface area contributed by atoms with Crippen LogP contribution in [0, 0.1) is 0 Å². The Morgan fingerprint density at radius 2 is 2.17 bits per heavy atom. The van der Waals surface area contributed by atoms with E-state index in [4.69, 9.17) is 0 Å². The van der Waals surface area contributed by atoms with E-state index in [0.717, 1.165) is 26.3 Å². The van der Waals surface area contributed by atoms with Crippen LogP contribution in [-0.4, -0.2) is 26.0 Å². The lowest BCUT2D eigenvalue weighted by molar-refractivity contribution is 0.828. The van der Waals surface area contributed by atoms with Crippen LogP contribution in [0.3, 0.4) is 0 Å². The van der Waals surface area contributed by atoms with Crippen LogP contribution in [0.15, 0.2) is 46.3 Å². The SMILES string of the molecule is CSc1nccc(-n2ncc3c(Br)cccc32)n1. The zero-order valence-electron chi connectivity index (χ0n) is 9.54. The highest BCUT2D eigenvalue weighted by Crippen LogP contribution is 2.25. The van der Waals surface area contributed by atoms with E-state index in [1.165, 1.54) is 11.8 Å². The molecule has 0 aliphatic carbocycles. The molecule has 0 saturated heterocycles. The van der Waals surface area contributed by atoms with E-state index < -0.39 is 0 Å². The van der Waals surface area contributed by atoms with Gasteiger partial charge in [0, 0.05) is 22.1 Å². The highest BCUT2D eigenvalue weighted by molar-refractivity contribution is 9.10. The van der Waals surface area contributed by atoms with Crippen LogP contribution in [-0.2, 0) is 0 Å². The molecule has 4 nitrogen and oxygen atoms in total. The average molecular weight is 321 g/mol. The zero-order valence-corrected chi connectivity index (χ0v) is 11.9. The van der Waals surface area contributed by atoms with Gasteiger partial charge in [-0.25, -0.2) is 14.6 Å². The van der Waals surface area contributed by atoms with Gasteiger partial charge in [0.05, 0.1) is 11.7 Å². The lowest BCUT2D eigenvalue weighted by atomic mass is 10.2. The van der Waals surface area contributed by atoms with Gasteiger partial charge in [-0.2, -0.15) is 5.10 Å². The first-order valence-corrected chi connectivity index (χ1v) is 7.31. The monoisotopic (exact) mass is 320 g/mol. The van der Waals surface area contributed by atoms with Gasteiger partial charge in [-0.15, -0.1) is 0 Å². The van der Waals surface area contributed by atoms with Crippen LogP contribution in [0.4, 0.5) is 0 Å². The molecule has 2 aromatic heterocycles. The predicted molar refractivity (Wildman–Crippen MR) is 76.1 cm³/mol. The number of hydrogen-bond acceptors (Lipinski definition) is 4. The topological polar surface area (TPSA) is 43.6 Å².